The van der Waals surface area contributed by atoms with Gasteiger partial charge in [0.25, 0.3) is 0 Å². The molecule has 1 amide bonds. The number of nitrogens with one attached hydrogen (secondary N) is 1. The van der Waals surface area contributed by atoms with Gasteiger partial charge >= 0.3 is 6.09 Å². The molecule has 5 heteroatoms. The van der Waals surface area contributed by atoms with Gasteiger partial charge in [-0.2, -0.15) is 0 Å². The summed E-state index contributed by atoms with van der Waals surface area (Å²) in [5, 5.41) is 2.32. The SMILES string of the molecule is C=CNC(=O)OCc1ccccc1.CCCCS(C)=O. The number of unbranched alkanes of at least 4 members (excludes halogenated alkanes) is 1. The number of hydrogen-bond donors (Lipinski definition) is 1. The summed E-state index contributed by atoms with van der Waals surface area (Å²) in [6.07, 6.45) is 4.80. The molecule has 0 aliphatic carbocycles. The van der Waals surface area contributed by atoms with Crippen LogP contribution < -0.4 is 5.32 Å². The second kappa shape index (κ2) is 12.4. The molecule has 0 bridgehead atoms. The lowest BCUT2D eigenvalue weighted by Gasteiger charge is -2.02. The molecule has 0 aliphatic heterocycles. The van der Waals surface area contributed by atoms with Gasteiger partial charge in [0, 0.05) is 22.8 Å². The molecule has 20 heavy (non-hydrogen) atoms. The van der Waals surface area contributed by atoms with Gasteiger partial charge in [0.2, 0.25) is 0 Å². The van der Waals surface area contributed by atoms with Crippen molar-refractivity contribution in [2.24, 2.45) is 0 Å². The van der Waals surface area contributed by atoms with Crippen LogP contribution in [0, 0.1) is 0 Å². The Balaban J connectivity index is 0.000000441. The number of benzene rings is 1. The summed E-state index contributed by atoms with van der Waals surface area (Å²) in [5.74, 6) is 0.872. The molecule has 0 fully saturated rings. The third kappa shape index (κ3) is 11.5. The zero-order chi connectivity index (χ0) is 15.2. The molecule has 0 aromatic heterocycles. The molecule has 1 N–H and O–H groups in total. The first-order chi connectivity index (χ1) is 9.60. The second-order valence-electron chi connectivity index (χ2n) is 4.04. The summed E-state index contributed by atoms with van der Waals surface area (Å²) < 4.78 is 15.2. The summed E-state index contributed by atoms with van der Waals surface area (Å²) in [6.45, 7) is 5.73. The average Bonchev–Trinajstić information content (AvgIpc) is 2.45. The molecule has 1 aromatic carbocycles. The van der Waals surface area contributed by atoms with E-state index in [2.05, 4.69) is 18.8 Å². The molecule has 1 rings (SSSR count). The highest BCUT2D eigenvalue weighted by atomic mass is 32.2. The van der Waals surface area contributed by atoms with Crippen molar-refractivity contribution in [1.82, 2.24) is 5.32 Å². The number of ether oxygens (including phenoxy) is 1. The van der Waals surface area contributed by atoms with Gasteiger partial charge < -0.3 is 4.74 Å². The van der Waals surface area contributed by atoms with Crippen LogP contribution in [-0.4, -0.2) is 22.3 Å². The fraction of sp³-hybridized carbons (Fsp3) is 0.400. The Kier molecular flexibility index (Phi) is 11.4. The minimum Gasteiger partial charge on any atom is -0.444 e. The van der Waals surface area contributed by atoms with E-state index in [1.807, 2.05) is 30.3 Å². The maximum absolute atomic E-state index is 10.8. The van der Waals surface area contributed by atoms with Crippen LogP contribution in [-0.2, 0) is 22.1 Å². The molecule has 0 heterocycles. The fourth-order valence-corrected chi connectivity index (χ4v) is 1.89. The van der Waals surface area contributed by atoms with E-state index in [0.29, 0.717) is 0 Å². The van der Waals surface area contributed by atoms with Crippen molar-refractivity contribution in [2.75, 3.05) is 12.0 Å². The number of rotatable bonds is 6. The summed E-state index contributed by atoms with van der Waals surface area (Å²) in [4.78, 5) is 10.8. The number of amides is 1. The third-order valence-corrected chi connectivity index (χ3v) is 3.08. The van der Waals surface area contributed by atoms with Gasteiger partial charge in [-0.05, 0) is 18.2 Å². The topological polar surface area (TPSA) is 55.4 Å². The lowest BCUT2D eigenvalue weighted by molar-refractivity contribution is 0.143. The molecule has 112 valence electrons. The van der Waals surface area contributed by atoms with Gasteiger partial charge in [-0.1, -0.05) is 50.3 Å². The van der Waals surface area contributed by atoms with Crippen molar-refractivity contribution < 1.29 is 13.7 Å². The average molecular weight is 297 g/mol. The number of hydrogen-bond acceptors (Lipinski definition) is 3. The summed E-state index contributed by atoms with van der Waals surface area (Å²) in [7, 11) is -0.565. The maximum Gasteiger partial charge on any atom is 0.411 e. The van der Waals surface area contributed by atoms with Crippen molar-refractivity contribution in [2.45, 2.75) is 26.4 Å². The first kappa shape index (κ1) is 18.4. The smallest absolute Gasteiger partial charge is 0.411 e. The molecule has 1 atom stereocenters. The Morgan fingerprint density at radius 1 is 1.40 bits per heavy atom. The van der Waals surface area contributed by atoms with Crippen LogP contribution in [0.25, 0.3) is 0 Å². The van der Waals surface area contributed by atoms with Crippen LogP contribution in [0.15, 0.2) is 43.1 Å². The van der Waals surface area contributed by atoms with Gasteiger partial charge in [0.1, 0.15) is 6.61 Å². The van der Waals surface area contributed by atoms with E-state index in [1.165, 1.54) is 6.20 Å². The first-order valence-corrected chi connectivity index (χ1v) is 8.21. The summed E-state index contributed by atoms with van der Waals surface area (Å²) in [5.41, 5.74) is 0.960. The van der Waals surface area contributed by atoms with Crippen molar-refractivity contribution in [3.05, 3.63) is 48.7 Å². The van der Waals surface area contributed by atoms with Gasteiger partial charge in [-0.3, -0.25) is 9.53 Å². The molecule has 4 nitrogen and oxygen atoms in total. The van der Waals surface area contributed by atoms with E-state index in [-0.39, 0.29) is 6.61 Å². The minimum absolute atomic E-state index is 0.278. The Bertz CT molecular complexity index is 407. The first-order valence-electron chi connectivity index (χ1n) is 6.48. The normalized spacial score (nSPS) is 10.7. The van der Waals surface area contributed by atoms with E-state index in [0.717, 1.165) is 24.2 Å². The quantitative estimate of drug-likeness (QED) is 0.877. The maximum atomic E-state index is 10.8. The molecule has 0 saturated heterocycles. The molecule has 1 aromatic rings. The van der Waals surface area contributed by atoms with Gasteiger partial charge in [0.05, 0.1) is 0 Å². The Labute approximate surface area is 123 Å². The van der Waals surface area contributed by atoms with Crippen molar-refractivity contribution in [3.63, 3.8) is 0 Å². The Morgan fingerprint density at radius 2 is 2.05 bits per heavy atom. The van der Waals surface area contributed by atoms with Crippen LogP contribution >= 0.6 is 0 Å². The van der Waals surface area contributed by atoms with Crippen LogP contribution in [0.2, 0.25) is 0 Å². The predicted octanol–water partition coefficient (Wildman–Crippen LogP) is 3.22. The lowest BCUT2D eigenvalue weighted by Crippen LogP contribution is -2.17. The fourth-order valence-electron chi connectivity index (χ4n) is 1.20. The van der Waals surface area contributed by atoms with Crippen molar-refractivity contribution >= 4 is 16.9 Å². The largest absolute Gasteiger partial charge is 0.444 e. The van der Waals surface area contributed by atoms with E-state index in [4.69, 9.17) is 4.74 Å². The molecular formula is C15H23NO3S. The Hall–Kier alpha value is -1.62. The Morgan fingerprint density at radius 3 is 2.50 bits per heavy atom. The molecular weight excluding hydrogens is 274 g/mol. The van der Waals surface area contributed by atoms with Crippen LogP contribution in [0.5, 0.6) is 0 Å². The van der Waals surface area contributed by atoms with Crippen LogP contribution in [0.3, 0.4) is 0 Å². The lowest BCUT2D eigenvalue weighted by atomic mass is 10.2. The number of carbonyl (C=O) groups is 1. The molecule has 0 saturated carbocycles. The van der Waals surface area contributed by atoms with Gasteiger partial charge in [-0.15, -0.1) is 0 Å². The van der Waals surface area contributed by atoms with E-state index in [1.54, 1.807) is 6.26 Å². The van der Waals surface area contributed by atoms with Crippen LogP contribution in [0.4, 0.5) is 4.79 Å². The number of alkyl carbamates (subject to hydrolysis) is 1. The van der Waals surface area contributed by atoms with E-state index < -0.39 is 16.9 Å². The number of carbonyl (C=O) groups excluding carboxylic acids is 1. The highest BCUT2D eigenvalue weighted by Crippen LogP contribution is 2.00. The third-order valence-electron chi connectivity index (χ3n) is 2.22. The standard InChI is InChI=1S/C10H11NO2.C5H12OS/c1-2-11-10(12)13-8-9-6-4-3-5-7-9;1-3-4-5-7(2)6/h2-7H,1,8H2,(H,11,12);3-5H2,1-2H3. The van der Waals surface area contributed by atoms with Crippen LogP contribution in [0.1, 0.15) is 25.3 Å². The van der Waals surface area contributed by atoms with E-state index >= 15 is 0 Å². The highest BCUT2D eigenvalue weighted by molar-refractivity contribution is 7.84. The predicted molar refractivity (Wildman–Crippen MR) is 83.8 cm³/mol. The minimum atomic E-state index is -0.565. The molecule has 1 unspecified atom stereocenters. The summed E-state index contributed by atoms with van der Waals surface area (Å²) in [6, 6.07) is 9.48. The molecule has 0 aliphatic rings. The molecule has 0 spiro atoms. The highest BCUT2D eigenvalue weighted by Gasteiger charge is 1.97. The van der Waals surface area contributed by atoms with E-state index in [9.17, 15) is 9.00 Å². The second-order valence-corrected chi connectivity index (χ2v) is 5.60. The molecule has 0 radical (unpaired) electrons. The van der Waals surface area contributed by atoms with Crippen molar-refractivity contribution in [3.8, 4) is 0 Å². The summed E-state index contributed by atoms with van der Waals surface area (Å²) >= 11 is 0. The zero-order valence-electron chi connectivity index (χ0n) is 12.1. The monoisotopic (exact) mass is 297 g/mol. The van der Waals surface area contributed by atoms with Gasteiger partial charge in [-0.25, -0.2) is 4.79 Å². The zero-order valence-corrected chi connectivity index (χ0v) is 12.9. The van der Waals surface area contributed by atoms with Crippen molar-refractivity contribution in [1.29, 1.82) is 0 Å². The van der Waals surface area contributed by atoms with Gasteiger partial charge in [0.15, 0.2) is 0 Å².